The highest BCUT2D eigenvalue weighted by Gasteiger charge is 2.10. The molecule has 0 atom stereocenters. The van der Waals surface area contributed by atoms with Crippen molar-refractivity contribution in [3.63, 3.8) is 0 Å². The van der Waals surface area contributed by atoms with Crippen LogP contribution >= 0.6 is 11.6 Å². The second kappa shape index (κ2) is 8.88. The number of carbonyl (C=O) groups is 2. The Kier molecular flexibility index (Phi) is 6.57. The van der Waals surface area contributed by atoms with Crippen LogP contribution in [0.25, 0.3) is 0 Å². The number of hydrogen-bond acceptors (Lipinski definition) is 4. The quantitative estimate of drug-likeness (QED) is 0.615. The van der Waals surface area contributed by atoms with E-state index in [9.17, 15) is 14.0 Å². The lowest BCUT2D eigenvalue weighted by atomic mass is 10.2. The van der Waals surface area contributed by atoms with Gasteiger partial charge in [-0.25, -0.2) is 9.18 Å². The molecule has 0 radical (unpaired) electrons. The van der Waals surface area contributed by atoms with E-state index in [-0.39, 0.29) is 18.7 Å². The van der Waals surface area contributed by atoms with E-state index in [0.717, 1.165) is 6.07 Å². The zero-order valence-electron chi connectivity index (χ0n) is 12.6. The van der Waals surface area contributed by atoms with Crippen molar-refractivity contribution in [2.24, 2.45) is 0 Å². The van der Waals surface area contributed by atoms with Crippen molar-refractivity contribution in [2.45, 2.75) is 0 Å². The summed E-state index contributed by atoms with van der Waals surface area (Å²) in [7, 11) is 0. The maximum atomic E-state index is 13.0. The number of ether oxygens (including phenoxy) is 2. The summed E-state index contributed by atoms with van der Waals surface area (Å²) in [6.07, 6.45) is 0. The van der Waals surface area contributed by atoms with E-state index in [0.29, 0.717) is 10.8 Å². The van der Waals surface area contributed by atoms with Gasteiger partial charge in [0.2, 0.25) is 0 Å². The summed E-state index contributed by atoms with van der Waals surface area (Å²) >= 11 is 5.75. The molecule has 0 aromatic heterocycles. The second-order valence-corrected chi connectivity index (χ2v) is 5.18. The van der Waals surface area contributed by atoms with E-state index in [2.05, 4.69) is 5.32 Å². The normalized spacial score (nSPS) is 10.1. The summed E-state index contributed by atoms with van der Waals surface area (Å²) in [4.78, 5) is 23.2. The summed E-state index contributed by atoms with van der Waals surface area (Å²) in [5.74, 6) is -1.15. The van der Waals surface area contributed by atoms with E-state index < -0.39 is 24.3 Å². The molecule has 0 heterocycles. The SMILES string of the molecule is O=C(COC(=O)c1cccc(F)c1)NCCOc1ccc(Cl)cc1. The molecule has 0 saturated heterocycles. The van der Waals surface area contributed by atoms with Gasteiger partial charge in [-0.2, -0.15) is 0 Å². The molecule has 2 rings (SSSR count). The molecule has 126 valence electrons. The van der Waals surface area contributed by atoms with Gasteiger partial charge in [0.1, 0.15) is 18.2 Å². The van der Waals surface area contributed by atoms with Gasteiger partial charge in [-0.1, -0.05) is 17.7 Å². The fraction of sp³-hybridized carbons (Fsp3) is 0.176. The number of nitrogens with one attached hydrogen (secondary N) is 1. The number of halogens is 2. The smallest absolute Gasteiger partial charge is 0.338 e. The van der Waals surface area contributed by atoms with Crippen LogP contribution in [0.4, 0.5) is 4.39 Å². The average molecular weight is 352 g/mol. The van der Waals surface area contributed by atoms with Gasteiger partial charge < -0.3 is 14.8 Å². The van der Waals surface area contributed by atoms with Crippen LogP contribution < -0.4 is 10.1 Å². The monoisotopic (exact) mass is 351 g/mol. The van der Waals surface area contributed by atoms with Gasteiger partial charge in [0, 0.05) is 5.02 Å². The summed E-state index contributed by atoms with van der Waals surface area (Å²) in [6, 6.07) is 11.9. The Bertz CT molecular complexity index is 706. The number of rotatable bonds is 7. The van der Waals surface area contributed by atoms with Gasteiger partial charge in [0.15, 0.2) is 6.61 Å². The highest BCUT2D eigenvalue weighted by atomic mass is 35.5. The Morgan fingerprint density at radius 3 is 2.58 bits per heavy atom. The predicted molar refractivity (Wildman–Crippen MR) is 86.6 cm³/mol. The first kappa shape index (κ1) is 17.7. The Balaban J connectivity index is 1.64. The molecule has 1 amide bonds. The lowest BCUT2D eigenvalue weighted by Crippen LogP contribution is -2.32. The Labute approximate surface area is 143 Å². The minimum atomic E-state index is -0.762. The largest absolute Gasteiger partial charge is 0.492 e. The maximum absolute atomic E-state index is 13.0. The molecule has 0 unspecified atom stereocenters. The highest BCUT2D eigenvalue weighted by molar-refractivity contribution is 6.30. The molecule has 24 heavy (non-hydrogen) atoms. The molecule has 0 fully saturated rings. The minimum Gasteiger partial charge on any atom is -0.492 e. The summed E-state index contributed by atoms with van der Waals surface area (Å²) in [6.45, 7) is 0.0560. The van der Waals surface area contributed by atoms with Gasteiger partial charge in [0.05, 0.1) is 12.1 Å². The lowest BCUT2D eigenvalue weighted by Gasteiger charge is -2.08. The second-order valence-electron chi connectivity index (χ2n) is 4.74. The molecule has 1 N–H and O–H groups in total. The zero-order valence-corrected chi connectivity index (χ0v) is 13.4. The van der Waals surface area contributed by atoms with Gasteiger partial charge in [0.25, 0.3) is 5.91 Å². The number of amides is 1. The molecule has 2 aromatic carbocycles. The van der Waals surface area contributed by atoms with E-state index in [1.807, 2.05) is 0 Å². The van der Waals surface area contributed by atoms with Gasteiger partial charge >= 0.3 is 5.97 Å². The van der Waals surface area contributed by atoms with Crippen molar-refractivity contribution in [3.05, 3.63) is 64.9 Å². The fourth-order valence-electron chi connectivity index (χ4n) is 1.77. The van der Waals surface area contributed by atoms with Crippen molar-refractivity contribution < 1.29 is 23.5 Å². The first-order valence-corrected chi connectivity index (χ1v) is 7.50. The lowest BCUT2D eigenvalue weighted by molar-refractivity contribution is -0.124. The Hall–Kier alpha value is -2.60. The van der Waals surface area contributed by atoms with E-state index in [4.69, 9.17) is 21.1 Å². The molecule has 2 aromatic rings. The number of carbonyl (C=O) groups excluding carboxylic acids is 2. The number of esters is 1. The first-order valence-electron chi connectivity index (χ1n) is 7.12. The molecular weight excluding hydrogens is 337 g/mol. The van der Waals surface area contributed by atoms with Crippen molar-refractivity contribution in [2.75, 3.05) is 19.8 Å². The van der Waals surface area contributed by atoms with Crippen LogP contribution in [0.3, 0.4) is 0 Å². The topological polar surface area (TPSA) is 64.6 Å². The molecule has 7 heteroatoms. The molecular formula is C17H15ClFNO4. The maximum Gasteiger partial charge on any atom is 0.338 e. The third-order valence-electron chi connectivity index (χ3n) is 2.90. The van der Waals surface area contributed by atoms with Crippen molar-refractivity contribution in [3.8, 4) is 5.75 Å². The van der Waals surface area contributed by atoms with Crippen molar-refractivity contribution in [1.29, 1.82) is 0 Å². The fourth-order valence-corrected chi connectivity index (χ4v) is 1.90. The average Bonchev–Trinajstić information content (AvgIpc) is 2.58. The minimum absolute atomic E-state index is 0.0499. The predicted octanol–water partition coefficient (Wildman–Crippen LogP) is 2.83. The third-order valence-corrected chi connectivity index (χ3v) is 3.15. The first-order chi connectivity index (χ1) is 11.5. The summed E-state index contributed by atoms with van der Waals surface area (Å²) in [5, 5.41) is 3.15. The highest BCUT2D eigenvalue weighted by Crippen LogP contribution is 2.15. The molecule has 5 nitrogen and oxygen atoms in total. The Morgan fingerprint density at radius 1 is 1.12 bits per heavy atom. The molecule has 0 aliphatic carbocycles. The molecule has 0 spiro atoms. The third kappa shape index (κ3) is 5.89. The van der Waals surface area contributed by atoms with E-state index in [1.54, 1.807) is 24.3 Å². The summed E-state index contributed by atoms with van der Waals surface area (Å²) < 4.78 is 23.2. The summed E-state index contributed by atoms with van der Waals surface area (Å²) in [5.41, 5.74) is 0.0499. The van der Waals surface area contributed by atoms with Crippen LogP contribution in [0.15, 0.2) is 48.5 Å². The van der Waals surface area contributed by atoms with Crippen LogP contribution in [-0.2, 0) is 9.53 Å². The van der Waals surface area contributed by atoms with Crippen LogP contribution in [0.2, 0.25) is 5.02 Å². The Morgan fingerprint density at radius 2 is 1.88 bits per heavy atom. The number of hydrogen-bond donors (Lipinski definition) is 1. The molecule has 0 bridgehead atoms. The van der Waals surface area contributed by atoms with Crippen molar-refractivity contribution >= 4 is 23.5 Å². The van der Waals surface area contributed by atoms with E-state index >= 15 is 0 Å². The van der Waals surface area contributed by atoms with Gasteiger partial charge in [-0.05, 0) is 42.5 Å². The van der Waals surface area contributed by atoms with Crippen LogP contribution in [0.5, 0.6) is 5.75 Å². The zero-order chi connectivity index (χ0) is 17.4. The number of benzene rings is 2. The van der Waals surface area contributed by atoms with Crippen LogP contribution in [0.1, 0.15) is 10.4 Å². The molecule has 0 saturated carbocycles. The van der Waals surface area contributed by atoms with Crippen molar-refractivity contribution in [1.82, 2.24) is 5.32 Å². The molecule has 0 aliphatic rings. The van der Waals surface area contributed by atoms with Crippen LogP contribution in [0, 0.1) is 5.82 Å². The van der Waals surface area contributed by atoms with Gasteiger partial charge in [-0.3, -0.25) is 4.79 Å². The van der Waals surface area contributed by atoms with Gasteiger partial charge in [-0.15, -0.1) is 0 Å². The van der Waals surface area contributed by atoms with E-state index in [1.165, 1.54) is 18.2 Å². The standard InChI is InChI=1S/C17H15ClFNO4/c18-13-4-6-15(7-5-13)23-9-8-20-16(21)11-24-17(22)12-2-1-3-14(19)10-12/h1-7,10H,8-9,11H2,(H,20,21). The van der Waals surface area contributed by atoms with Crippen LogP contribution in [-0.4, -0.2) is 31.6 Å². The molecule has 0 aliphatic heterocycles.